The third-order valence-electron chi connectivity index (χ3n) is 3.93. The van der Waals surface area contributed by atoms with Gasteiger partial charge in [0.1, 0.15) is 6.04 Å². The van der Waals surface area contributed by atoms with Crippen molar-refractivity contribution in [1.82, 2.24) is 4.57 Å². The molecule has 1 atom stereocenters. The Balaban J connectivity index is 2.26. The molecule has 0 amide bonds. The van der Waals surface area contributed by atoms with Crippen molar-refractivity contribution in [2.75, 3.05) is 7.11 Å². The molecule has 1 aromatic heterocycles. The average molecular weight is 282 g/mol. The molecule has 108 valence electrons. The van der Waals surface area contributed by atoms with Gasteiger partial charge in [0.15, 0.2) is 0 Å². The van der Waals surface area contributed by atoms with E-state index in [0.29, 0.717) is 0 Å². The molecule has 0 saturated heterocycles. The zero-order chi connectivity index (χ0) is 15.0. The molecule has 4 heteroatoms. The third-order valence-corrected chi connectivity index (χ3v) is 3.93. The summed E-state index contributed by atoms with van der Waals surface area (Å²) in [6.45, 7) is 3.02. The molecular formula is C17H18N2O2. The molecule has 0 radical (unpaired) electrons. The van der Waals surface area contributed by atoms with Gasteiger partial charge in [0, 0.05) is 28.4 Å². The Morgan fingerprint density at radius 2 is 1.90 bits per heavy atom. The number of nitrogens with zero attached hydrogens (tertiary/aromatic N) is 1. The van der Waals surface area contributed by atoms with Crippen LogP contribution < -0.4 is 5.73 Å². The molecule has 0 fully saturated rings. The number of fused-ring (bicyclic) bond motifs is 3. The number of para-hydroxylation sites is 1. The van der Waals surface area contributed by atoms with Gasteiger partial charge >= 0.3 is 5.97 Å². The van der Waals surface area contributed by atoms with E-state index in [2.05, 4.69) is 23.6 Å². The minimum atomic E-state index is -0.747. The van der Waals surface area contributed by atoms with Crippen molar-refractivity contribution in [3.05, 3.63) is 48.0 Å². The summed E-state index contributed by atoms with van der Waals surface area (Å²) in [5, 5.41) is 2.29. The van der Waals surface area contributed by atoms with Gasteiger partial charge in [-0.1, -0.05) is 24.3 Å². The molecule has 4 nitrogen and oxygen atoms in total. The van der Waals surface area contributed by atoms with Crippen LogP contribution in [0.2, 0.25) is 0 Å². The summed E-state index contributed by atoms with van der Waals surface area (Å²) >= 11 is 0. The van der Waals surface area contributed by atoms with Gasteiger partial charge in [0.25, 0.3) is 0 Å². The van der Waals surface area contributed by atoms with E-state index in [4.69, 9.17) is 10.5 Å². The zero-order valence-corrected chi connectivity index (χ0v) is 12.2. The summed E-state index contributed by atoms with van der Waals surface area (Å²) in [6, 6.07) is 13.4. The largest absolute Gasteiger partial charge is 0.468 e. The van der Waals surface area contributed by atoms with Crippen LogP contribution >= 0.6 is 0 Å². The van der Waals surface area contributed by atoms with E-state index in [1.807, 2.05) is 30.3 Å². The van der Waals surface area contributed by atoms with Crippen molar-refractivity contribution in [3.63, 3.8) is 0 Å². The second kappa shape index (κ2) is 5.22. The van der Waals surface area contributed by atoms with Gasteiger partial charge in [-0.2, -0.15) is 0 Å². The van der Waals surface area contributed by atoms with E-state index in [-0.39, 0.29) is 0 Å². The number of carbonyl (C=O) groups is 1. The predicted molar refractivity (Wildman–Crippen MR) is 84.1 cm³/mol. The Morgan fingerprint density at radius 3 is 2.62 bits per heavy atom. The summed E-state index contributed by atoms with van der Waals surface area (Å²) in [5.41, 5.74) is 9.06. The maximum atomic E-state index is 11.6. The summed E-state index contributed by atoms with van der Waals surface area (Å²) in [7, 11) is 1.35. The van der Waals surface area contributed by atoms with Crippen LogP contribution in [0.1, 0.15) is 18.5 Å². The number of carbonyl (C=O) groups excluding carboxylic acids is 1. The van der Waals surface area contributed by atoms with E-state index in [1.54, 1.807) is 0 Å². The zero-order valence-electron chi connectivity index (χ0n) is 12.2. The smallest absolute Gasteiger partial charge is 0.327 e. The molecule has 3 rings (SSSR count). The summed E-state index contributed by atoms with van der Waals surface area (Å²) < 4.78 is 6.99. The number of hydrogen-bond donors (Lipinski definition) is 1. The first-order chi connectivity index (χ1) is 10.2. The lowest BCUT2D eigenvalue weighted by Crippen LogP contribution is -2.22. The first kappa shape index (κ1) is 13.6. The highest BCUT2D eigenvalue weighted by molar-refractivity contribution is 6.08. The minimum absolute atomic E-state index is 0.423. The Bertz CT molecular complexity index is 820. The summed E-state index contributed by atoms with van der Waals surface area (Å²) in [4.78, 5) is 11.6. The number of aryl methyl sites for hydroxylation is 1. The van der Waals surface area contributed by atoms with Crippen LogP contribution in [-0.4, -0.2) is 17.6 Å². The Morgan fingerprint density at radius 1 is 1.19 bits per heavy atom. The van der Waals surface area contributed by atoms with Crippen LogP contribution in [-0.2, 0) is 16.1 Å². The standard InChI is InChI=1S/C17H18N2O2/c1-3-19-14-7-5-4-6-12(14)13-10-11(8-9-15(13)19)16(18)17(20)21-2/h4-10,16H,3,18H2,1-2H3/t16-/m1/s1. The number of benzene rings is 2. The molecule has 0 saturated carbocycles. The minimum Gasteiger partial charge on any atom is -0.468 e. The van der Waals surface area contributed by atoms with Crippen LogP contribution in [0.25, 0.3) is 21.8 Å². The fourth-order valence-corrected chi connectivity index (χ4v) is 2.87. The topological polar surface area (TPSA) is 57.2 Å². The fraction of sp³-hybridized carbons (Fsp3) is 0.235. The van der Waals surface area contributed by atoms with Crippen molar-refractivity contribution in [2.24, 2.45) is 5.73 Å². The average Bonchev–Trinajstić information content (AvgIpc) is 2.86. The quantitative estimate of drug-likeness (QED) is 0.751. The van der Waals surface area contributed by atoms with Gasteiger partial charge in [0.2, 0.25) is 0 Å². The third kappa shape index (κ3) is 2.08. The molecule has 2 N–H and O–H groups in total. The molecule has 0 bridgehead atoms. The molecule has 0 aliphatic carbocycles. The van der Waals surface area contributed by atoms with Crippen LogP contribution in [0.3, 0.4) is 0 Å². The normalized spacial score (nSPS) is 12.7. The van der Waals surface area contributed by atoms with Crippen molar-refractivity contribution in [1.29, 1.82) is 0 Å². The second-order valence-electron chi connectivity index (χ2n) is 5.04. The lowest BCUT2D eigenvalue weighted by molar-refractivity contribution is -0.142. The molecule has 0 aliphatic rings. The Kier molecular flexibility index (Phi) is 3.39. The van der Waals surface area contributed by atoms with Gasteiger partial charge in [-0.15, -0.1) is 0 Å². The molecule has 0 aliphatic heterocycles. The highest BCUT2D eigenvalue weighted by atomic mass is 16.5. The number of methoxy groups -OCH3 is 1. The number of aromatic nitrogens is 1. The second-order valence-corrected chi connectivity index (χ2v) is 5.04. The van der Waals surface area contributed by atoms with Gasteiger partial charge in [-0.3, -0.25) is 4.79 Å². The van der Waals surface area contributed by atoms with Crippen LogP contribution in [0.4, 0.5) is 0 Å². The SMILES string of the molecule is CCn1c2ccccc2c2cc([C@@H](N)C(=O)OC)ccc21. The first-order valence-corrected chi connectivity index (χ1v) is 7.01. The number of nitrogens with two attached hydrogens (primary N) is 1. The van der Waals surface area contributed by atoms with Crippen LogP contribution in [0.5, 0.6) is 0 Å². The molecule has 2 aromatic carbocycles. The van der Waals surface area contributed by atoms with Crippen molar-refractivity contribution in [3.8, 4) is 0 Å². The van der Waals surface area contributed by atoms with E-state index >= 15 is 0 Å². The molecule has 3 aromatic rings. The predicted octanol–water partition coefficient (Wildman–Crippen LogP) is 2.99. The molecule has 0 spiro atoms. The summed E-state index contributed by atoms with van der Waals surface area (Å²) in [6.07, 6.45) is 0. The molecule has 0 unspecified atom stereocenters. The number of esters is 1. The summed E-state index contributed by atoms with van der Waals surface area (Å²) in [5.74, 6) is -0.423. The maximum Gasteiger partial charge on any atom is 0.327 e. The molecule has 21 heavy (non-hydrogen) atoms. The monoisotopic (exact) mass is 282 g/mol. The lowest BCUT2D eigenvalue weighted by atomic mass is 10.0. The first-order valence-electron chi connectivity index (χ1n) is 7.01. The highest BCUT2D eigenvalue weighted by Gasteiger charge is 2.18. The van der Waals surface area contributed by atoms with E-state index in [9.17, 15) is 4.79 Å². The Labute approximate surface area is 123 Å². The fourth-order valence-electron chi connectivity index (χ4n) is 2.87. The van der Waals surface area contributed by atoms with Crippen LogP contribution in [0, 0.1) is 0 Å². The molecule has 1 heterocycles. The van der Waals surface area contributed by atoms with Gasteiger partial charge < -0.3 is 15.0 Å². The number of hydrogen-bond acceptors (Lipinski definition) is 3. The van der Waals surface area contributed by atoms with Gasteiger partial charge in [-0.25, -0.2) is 0 Å². The number of ether oxygens (including phenoxy) is 1. The van der Waals surface area contributed by atoms with Crippen molar-refractivity contribution >= 4 is 27.8 Å². The van der Waals surface area contributed by atoms with Crippen molar-refractivity contribution < 1.29 is 9.53 Å². The van der Waals surface area contributed by atoms with Crippen molar-refractivity contribution in [2.45, 2.75) is 19.5 Å². The van der Waals surface area contributed by atoms with E-state index < -0.39 is 12.0 Å². The van der Waals surface area contributed by atoms with Crippen LogP contribution in [0.15, 0.2) is 42.5 Å². The Hall–Kier alpha value is -2.33. The van der Waals surface area contributed by atoms with Gasteiger partial charge in [-0.05, 0) is 30.7 Å². The lowest BCUT2D eigenvalue weighted by Gasteiger charge is -2.10. The van der Waals surface area contributed by atoms with Gasteiger partial charge in [0.05, 0.1) is 7.11 Å². The van der Waals surface area contributed by atoms with E-state index in [1.165, 1.54) is 18.0 Å². The maximum absolute atomic E-state index is 11.6. The molecular weight excluding hydrogens is 264 g/mol. The number of rotatable bonds is 3. The highest BCUT2D eigenvalue weighted by Crippen LogP contribution is 2.30. The van der Waals surface area contributed by atoms with E-state index in [0.717, 1.165) is 23.0 Å².